The van der Waals surface area contributed by atoms with Gasteiger partial charge in [-0.25, -0.2) is 0 Å². The minimum Gasteiger partial charge on any atom is -0.341 e. The summed E-state index contributed by atoms with van der Waals surface area (Å²) in [7, 11) is 0. The molecular formula is C22H28N4O2. The summed E-state index contributed by atoms with van der Waals surface area (Å²) in [5.74, 6) is 2.56. The average molecular weight is 380 g/mol. The van der Waals surface area contributed by atoms with E-state index in [1.807, 2.05) is 18.2 Å². The summed E-state index contributed by atoms with van der Waals surface area (Å²) in [5, 5.41) is 4.40. The van der Waals surface area contributed by atoms with Gasteiger partial charge in [0.05, 0.1) is 5.41 Å². The second-order valence-corrected chi connectivity index (χ2v) is 8.91. The van der Waals surface area contributed by atoms with Crippen molar-refractivity contribution in [2.24, 2.45) is 11.8 Å². The molecule has 3 heterocycles. The number of carbonyl (C=O) groups is 1. The zero-order valence-corrected chi connectivity index (χ0v) is 16.3. The maximum Gasteiger partial charge on any atom is 0.276 e. The van der Waals surface area contributed by atoms with Crippen LogP contribution in [0, 0.1) is 11.8 Å². The smallest absolute Gasteiger partial charge is 0.276 e. The summed E-state index contributed by atoms with van der Waals surface area (Å²) in [4.78, 5) is 24.3. The molecule has 6 nitrogen and oxygen atoms in total. The highest BCUT2D eigenvalue weighted by atomic mass is 16.5. The molecule has 3 fully saturated rings. The molecule has 1 aliphatic heterocycles. The van der Waals surface area contributed by atoms with Gasteiger partial charge in [-0.3, -0.25) is 9.78 Å². The van der Waals surface area contributed by atoms with Crippen molar-refractivity contribution in [1.82, 2.24) is 20.0 Å². The number of carbonyl (C=O) groups excluding carboxylic acids is 1. The van der Waals surface area contributed by atoms with Crippen LogP contribution in [0.1, 0.15) is 63.6 Å². The number of hydrogen-bond donors (Lipinski definition) is 0. The molecule has 0 N–H and O–H groups in total. The second kappa shape index (κ2) is 7.30. The molecule has 2 aromatic heterocycles. The Balaban J connectivity index is 1.42. The van der Waals surface area contributed by atoms with Crippen LogP contribution in [-0.2, 0) is 10.2 Å². The number of piperidine rings is 1. The first-order valence-electron chi connectivity index (χ1n) is 10.8. The van der Waals surface area contributed by atoms with E-state index in [1.54, 1.807) is 6.20 Å². The van der Waals surface area contributed by atoms with Gasteiger partial charge in [-0.15, -0.1) is 0 Å². The molecule has 1 atom stereocenters. The lowest BCUT2D eigenvalue weighted by Crippen LogP contribution is -2.50. The van der Waals surface area contributed by atoms with Crippen molar-refractivity contribution < 1.29 is 9.32 Å². The van der Waals surface area contributed by atoms with Crippen LogP contribution in [0.5, 0.6) is 0 Å². The van der Waals surface area contributed by atoms with E-state index in [0.29, 0.717) is 17.5 Å². The number of hydrogen-bond acceptors (Lipinski definition) is 5. The summed E-state index contributed by atoms with van der Waals surface area (Å²) in [6.45, 7) is 1.60. The Morgan fingerprint density at radius 1 is 1.18 bits per heavy atom. The van der Waals surface area contributed by atoms with E-state index in [0.717, 1.165) is 56.9 Å². The van der Waals surface area contributed by atoms with Gasteiger partial charge in [-0.05, 0) is 50.2 Å². The highest BCUT2D eigenvalue weighted by molar-refractivity contribution is 5.79. The Labute approximate surface area is 165 Å². The van der Waals surface area contributed by atoms with E-state index >= 15 is 0 Å². The van der Waals surface area contributed by atoms with Crippen LogP contribution in [0.4, 0.5) is 0 Å². The van der Waals surface area contributed by atoms with Crippen LogP contribution < -0.4 is 0 Å². The summed E-state index contributed by atoms with van der Waals surface area (Å²) in [5.41, 5.74) is 0.530. The van der Waals surface area contributed by atoms with Crippen LogP contribution >= 0.6 is 0 Å². The molecule has 1 unspecified atom stereocenters. The summed E-state index contributed by atoms with van der Waals surface area (Å²) in [6, 6.07) is 5.69. The second-order valence-electron chi connectivity index (χ2n) is 8.91. The molecule has 2 saturated carbocycles. The highest BCUT2D eigenvalue weighted by Crippen LogP contribution is 2.46. The number of aromatic nitrogens is 3. The van der Waals surface area contributed by atoms with E-state index in [2.05, 4.69) is 15.0 Å². The molecule has 0 bridgehead atoms. The maximum absolute atomic E-state index is 13.1. The molecule has 148 valence electrons. The van der Waals surface area contributed by atoms with Gasteiger partial charge in [0, 0.05) is 25.2 Å². The largest absolute Gasteiger partial charge is 0.341 e. The van der Waals surface area contributed by atoms with Crippen molar-refractivity contribution in [3.63, 3.8) is 0 Å². The van der Waals surface area contributed by atoms with Crippen molar-refractivity contribution in [2.75, 3.05) is 13.1 Å². The van der Waals surface area contributed by atoms with Crippen molar-refractivity contribution in [3.8, 4) is 11.6 Å². The molecule has 2 aromatic rings. The lowest BCUT2D eigenvalue weighted by molar-refractivity contribution is -0.137. The molecule has 3 aliphatic rings. The first kappa shape index (κ1) is 17.8. The van der Waals surface area contributed by atoms with Gasteiger partial charge in [0.25, 0.3) is 5.89 Å². The number of pyridine rings is 1. The third-order valence-electron chi connectivity index (χ3n) is 6.75. The highest BCUT2D eigenvalue weighted by Gasteiger charge is 2.46. The minimum absolute atomic E-state index is 0.176. The predicted octanol–water partition coefficient (Wildman–Crippen LogP) is 3.98. The van der Waals surface area contributed by atoms with E-state index in [4.69, 9.17) is 9.51 Å². The van der Waals surface area contributed by atoms with Crippen LogP contribution in [-0.4, -0.2) is 39.0 Å². The molecular weight excluding hydrogens is 352 g/mol. The average Bonchev–Trinajstić information content (AvgIpc) is 3.20. The van der Waals surface area contributed by atoms with Crippen LogP contribution in [0.25, 0.3) is 11.6 Å². The minimum atomic E-state index is -0.176. The van der Waals surface area contributed by atoms with Crippen molar-refractivity contribution in [2.45, 2.75) is 63.2 Å². The Kier molecular flexibility index (Phi) is 4.65. The van der Waals surface area contributed by atoms with E-state index < -0.39 is 0 Å². The topological polar surface area (TPSA) is 72.1 Å². The quantitative estimate of drug-likeness (QED) is 0.784. The monoisotopic (exact) mass is 380 g/mol. The first-order chi connectivity index (χ1) is 13.7. The molecule has 2 aliphatic carbocycles. The number of amides is 1. The van der Waals surface area contributed by atoms with Crippen LogP contribution in [0.2, 0.25) is 0 Å². The fourth-order valence-electron chi connectivity index (χ4n) is 5.10. The molecule has 0 spiro atoms. The van der Waals surface area contributed by atoms with E-state index in [9.17, 15) is 4.79 Å². The Hall–Kier alpha value is -2.24. The molecule has 6 heteroatoms. The van der Waals surface area contributed by atoms with E-state index in [1.165, 1.54) is 25.7 Å². The summed E-state index contributed by atoms with van der Waals surface area (Å²) in [6.07, 6.45) is 11.9. The van der Waals surface area contributed by atoms with Crippen LogP contribution in [0.3, 0.4) is 0 Å². The Morgan fingerprint density at radius 3 is 2.79 bits per heavy atom. The predicted molar refractivity (Wildman–Crippen MR) is 104 cm³/mol. The van der Waals surface area contributed by atoms with Gasteiger partial charge in [-0.1, -0.05) is 36.9 Å². The van der Waals surface area contributed by atoms with E-state index in [-0.39, 0.29) is 11.3 Å². The number of nitrogens with zero attached hydrogens (tertiary/aromatic N) is 4. The Morgan fingerprint density at radius 2 is 2.04 bits per heavy atom. The third-order valence-corrected chi connectivity index (χ3v) is 6.75. The van der Waals surface area contributed by atoms with Crippen molar-refractivity contribution in [3.05, 3.63) is 30.2 Å². The molecule has 1 amide bonds. The van der Waals surface area contributed by atoms with Gasteiger partial charge in [0.15, 0.2) is 5.82 Å². The van der Waals surface area contributed by atoms with Gasteiger partial charge < -0.3 is 9.42 Å². The van der Waals surface area contributed by atoms with Gasteiger partial charge in [0.2, 0.25) is 5.91 Å². The lowest BCUT2D eigenvalue weighted by Gasteiger charge is -2.42. The molecule has 0 radical (unpaired) electrons. The SMILES string of the molecule is O=C(C1CCCC1)N1CCCC(CC2CC2)(c2noc(-c3ccccn3)n2)C1. The standard InChI is InChI=1S/C22H28N4O2/c27-20(17-6-1-2-7-17)26-13-5-11-22(15-26,14-16-9-10-16)21-24-19(28-25-21)18-8-3-4-12-23-18/h3-4,8,12,16-17H,1-2,5-7,9-11,13-15H2. The molecule has 0 aromatic carbocycles. The lowest BCUT2D eigenvalue weighted by atomic mass is 9.74. The molecule has 5 rings (SSSR count). The number of likely N-dealkylation sites (tertiary alicyclic amines) is 1. The summed E-state index contributed by atoms with van der Waals surface area (Å²) >= 11 is 0. The molecule has 28 heavy (non-hydrogen) atoms. The fraction of sp³-hybridized carbons (Fsp3) is 0.636. The van der Waals surface area contributed by atoms with Gasteiger partial charge >= 0.3 is 0 Å². The summed E-state index contributed by atoms with van der Waals surface area (Å²) < 4.78 is 5.60. The normalized spacial score (nSPS) is 25.9. The zero-order valence-electron chi connectivity index (χ0n) is 16.3. The van der Waals surface area contributed by atoms with Gasteiger partial charge in [0.1, 0.15) is 5.69 Å². The number of rotatable bonds is 5. The Bertz CT molecular complexity index is 826. The van der Waals surface area contributed by atoms with Gasteiger partial charge in [-0.2, -0.15) is 4.98 Å². The van der Waals surface area contributed by atoms with Crippen LogP contribution in [0.15, 0.2) is 28.9 Å². The maximum atomic E-state index is 13.1. The molecule has 1 saturated heterocycles. The fourth-order valence-corrected chi connectivity index (χ4v) is 5.10. The third kappa shape index (κ3) is 3.45. The zero-order chi connectivity index (χ0) is 19.0. The van der Waals surface area contributed by atoms with Crippen molar-refractivity contribution >= 4 is 5.91 Å². The van der Waals surface area contributed by atoms with Crippen molar-refractivity contribution in [1.29, 1.82) is 0 Å². The first-order valence-corrected chi connectivity index (χ1v) is 10.8.